The molecule has 3 unspecified atom stereocenters. The highest BCUT2D eigenvalue weighted by Crippen LogP contribution is 2.35. The van der Waals surface area contributed by atoms with Crippen LogP contribution in [0.2, 0.25) is 0 Å². The average molecular weight is 536 g/mol. The van der Waals surface area contributed by atoms with Gasteiger partial charge in [0.05, 0.1) is 12.6 Å². The molecular weight excluding hydrogens is 490 g/mol. The van der Waals surface area contributed by atoms with Gasteiger partial charge in [-0.3, -0.25) is 9.69 Å². The van der Waals surface area contributed by atoms with Crippen molar-refractivity contribution >= 4 is 12.0 Å². The van der Waals surface area contributed by atoms with Gasteiger partial charge in [-0.2, -0.15) is 0 Å². The molecule has 2 aromatic rings. The van der Waals surface area contributed by atoms with Crippen molar-refractivity contribution in [1.82, 2.24) is 15.1 Å². The summed E-state index contributed by atoms with van der Waals surface area (Å²) in [5, 5.41) is 12.1. The molecule has 212 valence electrons. The third-order valence-corrected chi connectivity index (χ3v) is 8.63. The first-order chi connectivity index (χ1) is 18.9. The molecule has 0 aromatic heterocycles. The lowest BCUT2D eigenvalue weighted by Crippen LogP contribution is -2.43. The molecule has 2 heterocycles. The van der Waals surface area contributed by atoms with Crippen LogP contribution in [0.5, 0.6) is 0 Å². The van der Waals surface area contributed by atoms with E-state index in [4.69, 9.17) is 4.74 Å². The van der Waals surface area contributed by atoms with E-state index in [0.717, 1.165) is 48.4 Å². The van der Waals surface area contributed by atoms with E-state index in [1.807, 2.05) is 67.3 Å². The fraction of sp³-hybridized carbons (Fsp3) is 0.562. The van der Waals surface area contributed by atoms with Crippen LogP contribution in [0.25, 0.3) is 0 Å². The van der Waals surface area contributed by atoms with Gasteiger partial charge in [-0.15, -0.1) is 0 Å². The lowest BCUT2D eigenvalue weighted by atomic mass is 9.98. The van der Waals surface area contributed by atoms with Crippen LogP contribution >= 0.6 is 0 Å². The van der Waals surface area contributed by atoms with Crippen molar-refractivity contribution in [1.29, 1.82) is 0 Å². The van der Waals surface area contributed by atoms with E-state index in [-0.39, 0.29) is 18.0 Å². The highest BCUT2D eigenvalue weighted by Gasteiger charge is 2.44. The second-order valence-corrected chi connectivity index (χ2v) is 11.5. The first-order valence-corrected chi connectivity index (χ1v) is 14.5. The number of nitrogens with zero attached hydrogens (tertiary/aromatic N) is 2. The van der Waals surface area contributed by atoms with Gasteiger partial charge in [-0.1, -0.05) is 80.6 Å². The number of nitrogens with one attached hydrogen (secondary N) is 1. The van der Waals surface area contributed by atoms with E-state index < -0.39 is 6.09 Å². The maximum absolute atomic E-state index is 13.3. The second-order valence-electron chi connectivity index (χ2n) is 11.5. The van der Waals surface area contributed by atoms with Crippen LogP contribution in [-0.2, 0) is 4.74 Å². The number of hydrogen-bond donors (Lipinski definition) is 2. The van der Waals surface area contributed by atoms with Crippen molar-refractivity contribution in [2.45, 2.75) is 64.5 Å². The Morgan fingerprint density at radius 1 is 0.897 bits per heavy atom. The van der Waals surface area contributed by atoms with Gasteiger partial charge in [0.2, 0.25) is 0 Å². The Labute approximate surface area is 233 Å². The minimum atomic E-state index is -1.02. The third-order valence-electron chi connectivity index (χ3n) is 8.63. The quantitative estimate of drug-likeness (QED) is 0.455. The molecule has 4 atom stereocenters. The monoisotopic (exact) mass is 535 g/mol. The second kappa shape index (κ2) is 13.9. The Bertz CT molecular complexity index is 1050. The molecule has 0 radical (unpaired) electrons. The summed E-state index contributed by atoms with van der Waals surface area (Å²) in [5.74, 6) is 0.991. The zero-order chi connectivity index (χ0) is 27.8. The Balaban J connectivity index is 0.000000634. The number of aryl methyl sites for hydroxylation is 2. The molecule has 1 saturated carbocycles. The van der Waals surface area contributed by atoms with Crippen LogP contribution in [0.4, 0.5) is 4.79 Å². The smallest absolute Gasteiger partial charge is 0.405 e. The van der Waals surface area contributed by atoms with Crippen LogP contribution in [-0.4, -0.2) is 72.8 Å². The fourth-order valence-electron chi connectivity index (χ4n) is 6.59. The Morgan fingerprint density at radius 2 is 1.46 bits per heavy atom. The zero-order valence-electron chi connectivity index (χ0n) is 23.8. The minimum absolute atomic E-state index is 0.0930. The number of amides is 2. The van der Waals surface area contributed by atoms with Crippen molar-refractivity contribution in [3.63, 3.8) is 0 Å². The number of fused-ring (bicyclic) bond motifs is 1. The molecule has 3 aliphatic rings. The molecule has 0 spiro atoms. The molecule has 2 aliphatic heterocycles. The molecule has 2 saturated heterocycles. The van der Waals surface area contributed by atoms with E-state index >= 15 is 0 Å². The summed E-state index contributed by atoms with van der Waals surface area (Å²) in [6.07, 6.45) is 7.11. The predicted molar refractivity (Wildman–Crippen MR) is 154 cm³/mol. The van der Waals surface area contributed by atoms with E-state index in [1.165, 1.54) is 32.1 Å². The number of carbonyl (C=O) groups is 2. The number of rotatable bonds is 8. The van der Waals surface area contributed by atoms with Crippen LogP contribution in [0.3, 0.4) is 0 Å². The van der Waals surface area contributed by atoms with Crippen LogP contribution in [0.15, 0.2) is 48.5 Å². The lowest BCUT2D eigenvalue weighted by molar-refractivity contribution is 0.0719. The molecular formula is C32H45N3O4. The molecule has 3 fully saturated rings. The number of likely N-dealkylation sites (tertiary alicyclic amines) is 2. The van der Waals surface area contributed by atoms with Crippen molar-refractivity contribution in [3.8, 4) is 0 Å². The zero-order valence-corrected chi connectivity index (χ0v) is 23.8. The van der Waals surface area contributed by atoms with Gasteiger partial charge < -0.3 is 20.1 Å². The van der Waals surface area contributed by atoms with Gasteiger partial charge in [-0.05, 0) is 48.8 Å². The van der Waals surface area contributed by atoms with Gasteiger partial charge in [0.25, 0.3) is 5.91 Å². The molecule has 0 bridgehead atoms. The van der Waals surface area contributed by atoms with Gasteiger partial charge in [0.15, 0.2) is 0 Å². The van der Waals surface area contributed by atoms with Gasteiger partial charge in [0, 0.05) is 44.9 Å². The van der Waals surface area contributed by atoms with Crippen molar-refractivity contribution in [2.24, 2.45) is 11.8 Å². The fourth-order valence-corrected chi connectivity index (χ4v) is 6.59. The number of ether oxygens (including phenoxy) is 1. The minimum Gasteiger partial charge on any atom is -0.465 e. The van der Waals surface area contributed by atoms with Crippen LogP contribution < -0.4 is 5.32 Å². The van der Waals surface area contributed by atoms with Crippen LogP contribution in [0.1, 0.15) is 71.6 Å². The largest absolute Gasteiger partial charge is 0.465 e. The van der Waals surface area contributed by atoms with Gasteiger partial charge in [-0.25, -0.2) is 4.79 Å². The number of methoxy groups -OCH3 is 1. The summed E-state index contributed by atoms with van der Waals surface area (Å²) >= 11 is 0. The van der Waals surface area contributed by atoms with E-state index in [9.17, 15) is 14.7 Å². The lowest BCUT2D eigenvalue weighted by Gasteiger charge is -2.32. The summed E-state index contributed by atoms with van der Waals surface area (Å²) in [7, 11) is 1.69. The maximum atomic E-state index is 13.3. The Morgan fingerprint density at radius 3 is 1.97 bits per heavy atom. The number of carboxylic acid groups (broad SMARTS) is 1. The standard InChI is InChI=1S/C27H35N3O4.C5H10/c1-18-8-7-9-19(2)25(18)26(31)30-15-21-13-29(14-22(21)16-30)23(17-34-3)12-24(28-27(32)33)20-10-5-4-6-11-20;1-2-4-5-3-1/h4-11,21-24,28H,12-17H2,1-3H3,(H,32,33);1-5H2/t21?,22?,23-,24?;/m0./s1. The highest BCUT2D eigenvalue weighted by molar-refractivity contribution is 5.97. The summed E-state index contributed by atoms with van der Waals surface area (Å²) in [6, 6.07) is 15.5. The molecule has 7 heteroatoms. The third kappa shape index (κ3) is 7.61. The average Bonchev–Trinajstić information content (AvgIpc) is 3.68. The van der Waals surface area contributed by atoms with Gasteiger partial charge >= 0.3 is 6.09 Å². The summed E-state index contributed by atoms with van der Waals surface area (Å²) < 4.78 is 5.54. The molecule has 2 aromatic carbocycles. The van der Waals surface area contributed by atoms with Crippen molar-refractivity contribution in [3.05, 3.63) is 70.8 Å². The Kier molecular flexibility index (Phi) is 10.4. The maximum Gasteiger partial charge on any atom is 0.405 e. The molecule has 5 rings (SSSR count). The molecule has 1 aliphatic carbocycles. The number of benzene rings is 2. The summed E-state index contributed by atoms with van der Waals surface area (Å²) in [5.41, 5.74) is 3.85. The van der Waals surface area contributed by atoms with E-state index in [0.29, 0.717) is 24.9 Å². The number of carbonyl (C=O) groups excluding carboxylic acids is 1. The molecule has 2 amide bonds. The molecule has 39 heavy (non-hydrogen) atoms. The van der Waals surface area contributed by atoms with Crippen LogP contribution in [0, 0.1) is 25.7 Å². The predicted octanol–water partition coefficient (Wildman–Crippen LogP) is 5.67. The summed E-state index contributed by atoms with van der Waals surface area (Å²) in [4.78, 5) is 29.2. The number of hydrogen-bond acceptors (Lipinski definition) is 4. The van der Waals surface area contributed by atoms with E-state index in [1.54, 1.807) is 7.11 Å². The molecule has 7 nitrogen and oxygen atoms in total. The highest BCUT2D eigenvalue weighted by atomic mass is 16.5. The van der Waals surface area contributed by atoms with Crippen molar-refractivity contribution in [2.75, 3.05) is 39.9 Å². The topological polar surface area (TPSA) is 82.1 Å². The van der Waals surface area contributed by atoms with Crippen molar-refractivity contribution < 1.29 is 19.4 Å². The summed E-state index contributed by atoms with van der Waals surface area (Å²) in [6.45, 7) is 7.86. The first kappa shape index (κ1) is 29.1. The normalized spacial score (nSPS) is 22.1. The molecule has 2 N–H and O–H groups in total. The van der Waals surface area contributed by atoms with E-state index in [2.05, 4.69) is 10.2 Å². The van der Waals surface area contributed by atoms with Gasteiger partial charge in [0.1, 0.15) is 0 Å². The Hall–Kier alpha value is -2.90. The first-order valence-electron chi connectivity index (χ1n) is 14.5. The SMILES string of the molecule is C1CCCC1.COC[C@H](CC(NC(=O)O)c1ccccc1)N1CC2CN(C(=O)c3c(C)cccc3C)CC2C1.